The van der Waals surface area contributed by atoms with Crippen LogP contribution in [0.1, 0.15) is 41.2 Å². The lowest BCUT2D eigenvalue weighted by atomic mass is 9.96. The Labute approximate surface area is 230 Å². The maximum absolute atomic E-state index is 4.81. The highest BCUT2D eigenvalue weighted by atomic mass is 15.3. The van der Waals surface area contributed by atoms with E-state index in [1.807, 2.05) is 23.8 Å². The molecule has 2 fully saturated rings. The molecule has 2 aliphatic heterocycles. The van der Waals surface area contributed by atoms with E-state index in [0.29, 0.717) is 11.7 Å². The molecule has 2 saturated heterocycles. The summed E-state index contributed by atoms with van der Waals surface area (Å²) in [5, 5.41) is 4.53. The Kier molecular flexibility index (Phi) is 7.27. The van der Waals surface area contributed by atoms with Crippen LogP contribution in [0, 0.1) is 26.7 Å². The van der Waals surface area contributed by atoms with Gasteiger partial charge < -0.3 is 9.80 Å². The van der Waals surface area contributed by atoms with Crippen molar-refractivity contribution in [3.63, 3.8) is 0 Å². The van der Waals surface area contributed by atoms with Crippen molar-refractivity contribution in [2.24, 2.45) is 5.92 Å². The number of benzene rings is 1. The molecule has 4 aromatic rings. The Balaban J connectivity index is 1.07. The zero-order valence-electron chi connectivity index (χ0n) is 23.6. The van der Waals surface area contributed by atoms with Crippen LogP contribution in [0.2, 0.25) is 0 Å². The molecular formula is C30H39N9. The summed E-state index contributed by atoms with van der Waals surface area (Å²) in [6.45, 7) is 13.8. The first kappa shape index (κ1) is 25.8. The molecule has 0 amide bonds. The lowest BCUT2D eigenvalue weighted by molar-refractivity contribution is 0.269. The van der Waals surface area contributed by atoms with E-state index in [9.17, 15) is 0 Å². The summed E-state index contributed by atoms with van der Waals surface area (Å²) in [5.74, 6) is 2.95. The number of likely N-dealkylation sites (N-methyl/N-ethyl adjacent to an activating group) is 1. The lowest BCUT2D eigenvalue weighted by Gasteiger charge is -2.20. The lowest BCUT2D eigenvalue weighted by Crippen LogP contribution is -2.28. The maximum atomic E-state index is 4.81. The third kappa shape index (κ3) is 5.65. The van der Waals surface area contributed by atoms with Crippen LogP contribution in [0.4, 0.5) is 5.82 Å². The molecule has 204 valence electrons. The summed E-state index contributed by atoms with van der Waals surface area (Å²) in [6, 6.07) is 8.84. The van der Waals surface area contributed by atoms with Crippen LogP contribution < -0.4 is 4.90 Å². The van der Waals surface area contributed by atoms with Crippen molar-refractivity contribution in [3.05, 3.63) is 65.0 Å². The Hall–Kier alpha value is -3.43. The van der Waals surface area contributed by atoms with E-state index in [-0.39, 0.29) is 0 Å². The summed E-state index contributed by atoms with van der Waals surface area (Å²) in [6.07, 6.45) is 7.21. The second kappa shape index (κ2) is 11.0. The molecule has 0 N–H and O–H groups in total. The van der Waals surface area contributed by atoms with Gasteiger partial charge >= 0.3 is 0 Å². The zero-order chi connectivity index (χ0) is 26.9. The van der Waals surface area contributed by atoms with Gasteiger partial charge in [0.05, 0.1) is 18.1 Å². The van der Waals surface area contributed by atoms with E-state index < -0.39 is 0 Å². The molecule has 0 unspecified atom stereocenters. The molecule has 39 heavy (non-hydrogen) atoms. The van der Waals surface area contributed by atoms with Crippen LogP contribution in [0.3, 0.4) is 0 Å². The molecule has 0 saturated carbocycles. The fourth-order valence-electron chi connectivity index (χ4n) is 6.03. The fourth-order valence-corrected chi connectivity index (χ4v) is 6.03. The molecule has 2 aliphatic rings. The normalized spacial score (nSPS) is 19.2. The monoisotopic (exact) mass is 525 g/mol. The van der Waals surface area contributed by atoms with E-state index in [1.165, 1.54) is 30.6 Å². The predicted molar refractivity (Wildman–Crippen MR) is 154 cm³/mol. The molecule has 9 nitrogen and oxygen atoms in total. The van der Waals surface area contributed by atoms with Crippen LogP contribution in [0.5, 0.6) is 0 Å². The van der Waals surface area contributed by atoms with E-state index in [2.05, 4.69) is 69.9 Å². The molecule has 9 heteroatoms. The van der Waals surface area contributed by atoms with Gasteiger partial charge in [-0.2, -0.15) is 10.1 Å². The molecular weight excluding hydrogens is 486 g/mol. The molecule has 1 aromatic carbocycles. The highest BCUT2D eigenvalue weighted by Gasteiger charge is 2.26. The van der Waals surface area contributed by atoms with Crippen molar-refractivity contribution in [2.75, 3.05) is 51.2 Å². The summed E-state index contributed by atoms with van der Waals surface area (Å²) < 4.78 is 1.88. The molecule has 0 bridgehead atoms. The summed E-state index contributed by atoms with van der Waals surface area (Å²) in [5.41, 5.74) is 6.88. The molecule has 5 heterocycles. The van der Waals surface area contributed by atoms with Crippen molar-refractivity contribution >= 4 is 11.6 Å². The van der Waals surface area contributed by atoms with Crippen molar-refractivity contribution in [1.29, 1.82) is 0 Å². The standard InChI is InChI=1S/C30H39N9/c1-21-27(22(2)39-30(33-21)34-23(3)35-39)16-25-10-13-38(20-25)29-18-31-28(17-32-29)26-8-6-24(7-9-26)19-37-12-5-11-36(4)14-15-37/h6-9,17-18,25H,5,10-16,19-20H2,1-4H3/t25-/m0/s1. The molecule has 1 atom stereocenters. The minimum absolute atomic E-state index is 0.546. The van der Waals surface area contributed by atoms with Crippen LogP contribution in [0.25, 0.3) is 17.0 Å². The van der Waals surface area contributed by atoms with Crippen molar-refractivity contribution in [1.82, 2.24) is 39.3 Å². The smallest absolute Gasteiger partial charge is 0.252 e. The van der Waals surface area contributed by atoms with E-state index in [4.69, 9.17) is 15.0 Å². The van der Waals surface area contributed by atoms with E-state index >= 15 is 0 Å². The van der Waals surface area contributed by atoms with Gasteiger partial charge in [-0.15, -0.1) is 0 Å². The van der Waals surface area contributed by atoms with Gasteiger partial charge in [-0.05, 0) is 77.2 Å². The van der Waals surface area contributed by atoms with Gasteiger partial charge in [0.1, 0.15) is 11.6 Å². The molecule has 0 spiro atoms. The Morgan fingerprint density at radius 2 is 1.74 bits per heavy atom. The van der Waals surface area contributed by atoms with Crippen LogP contribution in [-0.4, -0.2) is 85.7 Å². The second-order valence-electron chi connectivity index (χ2n) is 11.3. The first-order valence-corrected chi connectivity index (χ1v) is 14.2. The Morgan fingerprint density at radius 1 is 0.897 bits per heavy atom. The van der Waals surface area contributed by atoms with Gasteiger partial charge in [-0.25, -0.2) is 14.5 Å². The Morgan fingerprint density at radius 3 is 2.54 bits per heavy atom. The molecule has 3 aromatic heterocycles. The largest absolute Gasteiger partial charge is 0.355 e. The minimum Gasteiger partial charge on any atom is -0.355 e. The number of fused-ring (bicyclic) bond motifs is 1. The van der Waals surface area contributed by atoms with Crippen LogP contribution in [0.15, 0.2) is 36.7 Å². The number of hydrogen-bond acceptors (Lipinski definition) is 8. The first-order valence-electron chi connectivity index (χ1n) is 14.2. The van der Waals surface area contributed by atoms with Crippen LogP contribution >= 0.6 is 0 Å². The highest BCUT2D eigenvalue weighted by molar-refractivity contribution is 5.59. The van der Waals surface area contributed by atoms with E-state index in [1.54, 1.807) is 0 Å². The number of aromatic nitrogens is 6. The molecule has 6 rings (SSSR count). The number of anilines is 1. The quantitative estimate of drug-likeness (QED) is 0.377. The third-order valence-electron chi connectivity index (χ3n) is 8.36. The van der Waals surface area contributed by atoms with Crippen LogP contribution in [-0.2, 0) is 13.0 Å². The van der Waals surface area contributed by atoms with Gasteiger partial charge in [0.2, 0.25) is 0 Å². The zero-order valence-corrected chi connectivity index (χ0v) is 23.6. The van der Waals surface area contributed by atoms with Crippen molar-refractivity contribution in [3.8, 4) is 11.3 Å². The average Bonchev–Trinajstić information content (AvgIpc) is 3.50. The number of aryl methyl sites for hydroxylation is 3. The van der Waals surface area contributed by atoms with Gasteiger partial charge in [0.25, 0.3) is 5.78 Å². The van der Waals surface area contributed by atoms with Crippen molar-refractivity contribution < 1.29 is 0 Å². The van der Waals surface area contributed by atoms with E-state index in [0.717, 1.165) is 79.9 Å². The van der Waals surface area contributed by atoms with Gasteiger partial charge in [0.15, 0.2) is 0 Å². The van der Waals surface area contributed by atoms with Gasteiger partial charge in [-0.3, -0.25) is 9.88 Å². The SMILES string of the molecule is Cc1nc2nc(C)c(C[C@@H]3CCN(c4cnc(-c5ccc(CN6CCCN(C)CC6)cc5)cn4)C3)c(C)n2n1. The maximum Gasteiger partial charge on any atom is 0.252 e. The minimum atomic E-state index is 0.546. The summed E-state index contributed by atoms with van der Waals surface area (Å²) >= 11 is 0. The number of nitrogens with zero attached hydrogens (tertiary/aromatic N) is 9. The second-order valence-corrected chi connectivity index (χ2v) is 11.3. The third-order valence-corrected chi connectivity index (χ3v) is 8.36. The Bertz CT molecular complexity index is 1430. The summed E-state index contributed by atoms with van der Waals surface area (Å²) in [7, 11) is 2.22. The van der Waals surface area contributed by atoms with Gasteiger partial charge in [0, 0.05) is 49.7 Å². The number of hydrogen-bond donors (Lipinski definition) is 0. The predicted octanol–water partition coefficient (Wildman–Crippen LogP) is 3.71. The molecule has 0 aliphatic carbocycles. The first-order chi connectivity index (χ1) is 18.9. The summed E-state index contributed by atoms with van der Waals surface area (Å²) in [4.78, 5) is 26.1. The fraction of sp³-hybridized carbons (Fsp3) is 0.500. The number of rotatable bonds is 6. The molecule has 0 radical (unpaired) electrons. The topological polar surface area (TPSA) is 78.6 Å². The average molecular weight is 526 g/mol. The van der Waals surface area contributed by atoms with Gasteiger partial charge in [-0.1, -0.05) is 24.3 Å². The highest BCUT2D eigenvalue weighted by Crippen LogP contribution is 2.28. The van der Waals surface area contributed by atoms with Crippen molar-refractivity contribution in [2.45, 2.75) is 46.6 Å².